The number of nitrogens with zero attached hydrogens (tertiary/aromatic N) is 3. The molecule has 2 atom stereocenters. The van der Waals surface area contributed by atoms with Gasteiger partial charge in [-0.25, -0.2) is 4.98 Å². The summed E-state index contributed by atoms with van der Waals surface area (Å²) >= 11 is 1.59. The first-order valence-corrected chi connectivity index (χ1v) is 18.6. The average molecular weight is 712 g/mol. The molecule has 2 fully saturated rings. The van der Waals surface area contributed by atoms with E-state index in [4.69, 9.17) is 4.98 Å². The van der Waals surface area contributed by atoms with Gasteiger partial charge in [0.15, 0.2) is 0 Å². The lowest BCUT2D eigenvalue weighted by Gasteiger charge is -2.24. The number of hydrogen-bond acceptors (Lipinski definition) is 6. The Morgan fingerprint density at radius 3 is 1.54 bits per heavy atom. The van der Waals surface area contributed by atoms with Crippen LogP contribution in [0.2, 0.25) is 0 Å². The van der Waals surface area contributed by atoms with Gasteiger partial charge in [-0.1, -0.05) is 84.9 Å². The number of aromatic nitrogens is 1. The van der Waals surface area contributed by atoms with Crippen LogP contribution in [0.5, 0.6) is 0 Å². The van der Waals surface area contributed by atoms with E-state index in [1.807, 2.05) is 116 Å². The molecule has 0 unspecified atom stereocenters. The number of amides is 4. The van der Waals surface area contributed by atoms with Gasteiger partial charge in [0.25, 0.3) is 0 Å². The van der Waals surface area contributed by atoms with E-state index in [1.54, 1.807) is 21.1 Å². The van der Waals surface area contributed by atoms with Crippen molar-refractivity contribution < 1.29 is 19.2 Å². The second-order valence-corrected chi connectivity index (χ2v) is 14.6. The van der Waals surface area contributed by atoms with Crippen molar-refractivity contribution in [3.8, 4) is 21.7 Å². The molecule has 264 valence electrons. The Labute approximate surface area is 307 Å². The second-order valence-electron chi connectivity index (χ2n) is 13.4. The number of likely N-dealkylation sites (tertiary alicyclic amines) is 2. The Morgan fingerprint density at radius 2 is 1.08 bits per heavy atom. The average Bonchev–Trinajstić information content (AvgIpc) is 3.94. The molecule has 3 heterocycles. The Morgan fingerprint density at radius 1 is 0.635 bits per heavy atom. The molecule has 0 radical (unpaired) electrons. The van der Waals surface area contributed by atoms with Crippen molar-refractivity contribution in [1.82, 2.24) is 14.8 Å². The summed E-state index contributed by atoms with van der Waals surface area (Å²) in [6, 6.07) is 33.6. The molecule has 1 aromatic heterocycles. The van der Waals surface area contributed by atoms with Gasteiger partial charge < -0.3 is 20.4 Å². The molecule has 0 spiro atoms. The molecule has 52 heavy (non-hydrogen) atoms. The van der Waals surface area contributed by atoms with E-state index in [-0.39, 0.29) is 36.5 Å². The van der Waals surface area contributed by atoms with Crippen LogP contribution in [0.1, 0.15) is 41.8 Å². The Balaban J connectivity index is 0.977. The highest BCUT2D eigenvalue weighted by Gasteiger charge is 2.35. The maximum Gasteiger partial charge on any atom is 0.247 e. The predicted octanol–water partition coefficient (Wildman–Crippen LogP) is 7.13. The number of aryl methyl sites for hydroxylation is 1. The third kappa shape index (κ3) is 7.97. The van der Waals surface area contributed by atoms with Gasteiger partial charge in [0.1, 0.15) is 12.1 Å². The van der Waals surface area contributed by atoms with Crippen molar-refractivity contribution in [2.75, 3.05) is 23.7 Å². The van der Waals surface area contributed by atoms with Crippen LogP contribution < -0.4 is 10.6 Å². The summed E-state index contributed by atoms with van der Waals surface area (Å²) in [5.74, 6) is -0.419. The fraction of sp³-hybridized carbons (Fsp3) is 0.262. The quantitative estimate of drug-likeness (QED) is 0.160. The van der Waals surface area contributed by atoms with Gasteiger partial charge in [-0.3, -0.25) is 19.2 Å². The third-order valence-corrected chi connectivity index (χ3v) is 10.7. The molecule has 2 aliphatic rings. The molecule has 9 nitrogen and oxygen atoms in total. The van der Waals surface area contributed by atoms with Crippen molar-refractivity contribution in [3.63, 3.8) is 0 Å². The monoisotopic (exact) mass is 711 g/mol. The van der Waals surface area contributed by atoms with Crippen LogP contribution in [0.4, 0.5) is 11.4 Å². The van der Waals surface area contributed by atoms with E-state index in [0.29, 0.717) is 37.3 Å². The number of benzene rings is 4. The molecule has 2 N–H and O–H groups in total. The zero-order valence-corrected chi connectivity index (χ0v) is 29.9. The second kappa shape index (κ2) is 15.7. The van der Waals surface area contributed by atoms with E-state index in [1.165, 1.54) is 0 Å². The van der Waals surface area contributed by atoms with Gasteiger partial charge in [-0.2, -0.15) is 0 Å². The predicted molar refractivity (Wildman–Crippen MR) is 205 cm³/mol. The molecule has 4 aromatic carbocycles. The van der Waals surface area contributed by atoms with Gasteiger partial charge in [0.05, 0.1) is 28.4 Å². The smallest absolute Gasteiger partial charge is 0.247 e. The van der Waals surface area contributed by atoms with E-state index in [0.717, 1.165) is 50.7 Å². The summed E-state index contributed by atoms with van der Waals surface area (Å²) in [6.07, 6.45) is 3.44. The zero-order chi connectivity index (χ0) is 36.0. The molecular formula is C42H41N5O4S. The summed E-state index contributed by atoms with van der Waals surface area (Å²) in [4.78, 5) is 61.9. The number of carbonyl (C=O) groups excluding carboxylic acids is 4. The molecule has 10 heteroatoms. The van der Waals surface area contributed by atoms with Crippen molar-refractivity contribution in [3.05, 3.63) is 125 Å². The van der Waals surface area contributed by atoms with Crippen molar-refractivity contribution >= 4 is 46.3 Å². The summed E-state index contributed by atoms with van der Waals surface area (Å²) in [5, 5.41) is 6.96. The lowest BCUT2D eigenvalue weighted by atomic mass is 10.1. The normalized spacial score (nSPS) is 16.9. The lowest BCUT2D eigenvalue weighted by molar-refractivity contribution is -0.136. The SMILES string of the molecule is Cc1nc(-c2ccc(NC(=O)[C@@H]3CCCN3C(=O)Cc3ccccc3)cc2)c(-c2ccc(NC(=O)[C@@H]3CCCN3C(=O)Cc3ccccc3)cc2)s1. The summed E-state index contributed by atoms with van der Waals surface area (Å²) in [7, 11) is 0. The molecule has 0 saturated carbocycles. The Kier molecular flexibility index (Phi) is 10.5. The van der Waals surface area contributed by atoms with Gasteiger partial charge >= 0.3 is 0 Å². The van der Waals surface area contributed by atoms with Crippen molar-refractivity contribution in [2.24, 2.45) is 0 Å². The largest absolute Gasteiger partial charge is 0.330 e. The van der Waals surface area contributed by atoms with Crippen LogP contribution in [0.25, 0.3) is 21.7 Å². The van der Waals surface area contributed by atoms with Crippen molar-refractivity contribution in [2.45, 2.75) is 57.5 Å². The highest BCUT2D eigenvalue weighted by atomic mass is 32.1. The minimum atomic E-state index is -0.490. The molecular weight excluding hydrogens is 671 g/mol. The minimum absolute atomic E-state index is 0.0332. The highest BCUT2D eigenvalue weighted by Crippen LogP contribution is 2.37. The third-order valence-electron chi connectivity index (χ3n) is 9.72. The minimum Gasteiger partial charge on any atom is -0.330 e. The summed E-state index contributed by atoms with van der Waals surface area (Å²) in [5.41, 5.74) is 5.93. The van der Waals surface area contributed by atoms with Gasteiger partial charge in [-0.05, 0) is 73.6 Å². The summed E-state index contributed by atoms with van der Waals surface area (Å²) in [6.45, 7) is 3.13. The fourth-order valence-electron chi connectivity index (χ4n) is 7.11. The van der Waals surface area contributed by atoms with Crippen LogP contribution >= 0.6 is 11.3 Å². The maximum atomic E-state index is 13.3. The zero-order valence-electron chi connectivity index (χ0n) is 29.1. The first-order valence-electron chi connectivity index (χ1n) is 17.8. The highest BCUT2D eigenvalue weighted by molar-refractivity contribution is 7.15. The molecule has 5 aromatic rings. The van der Waals surface area contributed by atoms with Crippen LogP contribution in [-0.2, 0) is 32.0 Å². The molecule has 2 aliphatic heterocycles. The topological polar surface area (TPSA) is 112 Å². The van der Waals surface area contributed by atoms with Crippen molar-refractivity contribution in [1.29, 1.82) is 0 Å². The van der Waals surface area contributed by atoms with Gasteiger partial charge in [0.2, 0.25) is 23.6 Å². The van der Waals surface area contributed by atoms with E-state index >= 15 is 0 Å². The number of rotatable bonds is 10. The number of thiazole rings is 1. The number of hydrogen-bond donors (Lipinski definition) is 2. The first-order chi connectivity index (χ1) is 25.3. The Bertz CT molecular complexity index is 1900. The Hall–Kier alpha value is -5.61. The number of nitrogens with one attached hydrogen (secondary N) is 2. The first kappa shape index (κ1) is 34.8. The van der Waals surface area contributed by atoms with Crippen LogP contribution in [-0.4, -0.2) is 63.6 Å². The molecule has 4 amide bonds. The van der Waals surface area contributed by atoms with Gasteiger partial charge in [-0.15, -0.1) is 11.3 Å². The van der Waals surface area contributed by atoms with E-state index < -0.39 is 12.1 Å². The van der Waals surface area contributed by atoms with E-state index in [2.05, 4.69) is 10.6 Å². The fourth-order valence-corrected chi connectivity index (χ4v) is 8.05. The van der Waals surface area contributed by atoms with Crippen LogP contribution in [0.3, 0.4) is 0 Å². The lowest BCUT2D eigenvalue weighted by Crippen LogP contribution is -2.43. The molecule has 0 bridgehead atoms. The van der Waals surface area contributed by atoms with Gasteiger partial charge in [0, 0.05) is 30.0 Å². The standard InChI is InChI=1S/C42H41N5O4S/c1-28-43-39(31-16-20-33(21-17-31)44-41(50)35-14-8-24-46(35)37(48)26-29-10-4-2-5-11-29)40(52-28)32-18-22-34(23-19-32)45-42(51)36-15-9-25-47(36)38(49)27-30-12-6-3-7-13-30/h2-7,10-13,16-23,35-36H,8-9,14-15,24-27H2,1H3,(H,44,50)(H,45,51)/t35-,36-/m0/s1. The van der Waals surface area contributed by atoms with E-state index in [9.17, 15) is 19.2 Å². The molecule has 7 rings (SSSR count). The maximum absolute atomic E-state index is 13.3. The number of carbonyl (C=O) groups is 4. The number of anilines is 2. The molecule has 2 saturated heterocycles. The van der Waals surface area contributed by atoms with Crippen LogP contribution in [0, 0.1) is 6.92 Å². The summed E-state index contributed by atoms with van der Waals surface area (Å²) < 4.78 is 0. The molecule has 0 aliphatic carbocycles. The van der Waals surface area contributed by atoms with Crippen LogP contribution in [0.15, 0.2) is 109 Å².